The van der Waals surface area contributed by atoms with Crippen molar-refractivity contribution in [2.24, 2.45) is 0 Å². The number of carboxylic acids is 1. The second-order valence-corrected chi connectivity index (χ2v) is 3.35. The van der Waals surface area contributed by atoms with Gasteiger partial charge in [0.15, 0.2) is 0 Å². The van der Waals surface area contributed by atoms with Crippen LogP contribution in [0.15, 0.2) is 18.2 Å². The Morgan fingerprint density at radius 2 is 2.13 bits per heavy atom. The number of pyridine rings is 1. The Hall–Kier alpha value is -0.823. The van der Waals surface area contributed by atoms with Crippen molar-refractivity contribution in [3.8, 4) is 0 Å². The van der Waals surface area contributed by atoms with Crippen LogP contribution in [0, 0.1) is 0 Å². The number of aromatic nitrogens is 1. The third kappa shape index (κ3) is 4.98. The van der Waals surface area contributed by atoms with E-state index in [4.69, 9.17) is 0 Å². The maximum Gasteiger partial charge on any atom is 1.00 e. The molecule has 0 radical (unpaired) electrons. The molecule has 0 unspecified atom stereocenters. The van der Waals surface area contributed by atoms with Crippen LogP contribution in [0.4, 0.5) is 0 Å². The van der Waals surface area contributed by atoms with Crippen LogP contribution in [-0.4, -0.2) is 36.5 Å². The van der Waals surface area contributed by atoms with Gasteiger partial charge in [0, 0.05) is 18.7 Å². The van der Waals surface area contributed by atoms with Crippen LogP contribution in [0.25, 0.3) is 0 Å². The van der Waals surface area contributed by atoms with Crippen LogP contribution >= 0.6 is 0 Å². The van der Waals surface area contributed by atoms with Gasteiger partial charge in [-0.2, -0.15) is 0 Å². The molecule has 0 amide bonds. The van der Waals surface area contributed by atoms with Gasteiger partial charge in [-0.15, -0.1) is 0 Å². The minimum atomic E-state index is -1.23. The Morgan fingerprint density at radius 3 is 2.67 bits per heavy atom. The number of rotatable bonds is 4. The van der Waals surface area contributed by atoms with Gasteiger partial charge in [0.25, 0.3) is 0 Å². The Labute approximate surface area is 101 Å². The SMILES string of the molecule is CN(C)CCc1cccc(C(=O)[O-])n1.[Li+]. The van der Waals surface area contributed by atoms with Gasteiger partial charge in [0.1, 0.15) is 0 Å². The van der Waals surface area contributed by atoms with Crippen LogP contribution in [0.1, 0.15) is 16.2 Å². The number of carboxylic acid groups (broad SMARTS) is 1. The molecule has 0 N–H and O–H groups in total. The fourth-order valence-electron chi connectivity index (χ4n) is 1.07. The van der Waals surface area contributed by atoms with Gasteiger partial charge in [-0.05, 0) is 26.2 Å². The van der Waals surface area contributed by atoms with E-state index in [1.807, 2.05) is 25.1 Å². The van der Waals surface area contributed by atoms with E-state index in [2.05, 4.69) is 4.98 Å². The summed E-state index contributed by atoms with van der Waals surface area (Å²) in [6, 6.07) is 4.94. The number of hydrogen-bond acceptors (Lipinski definition) is 4. The number of aromatic carboxylic acids is 1. The average molecular weight is 200 g/mol. The summed E-state index contributed by atoms with van der Waals surface area (Å²) in [5, 5.41) is 10.5. The molecule has 0 aliphatic heterocycles. The van der Waals surface area contributed by atoms with Crippen molar-refractivity contribution in [3.63, 3.8) is 0 Å². The van der Waals surface area contributed by atoms with E-state index in [1.165, 1.54) is 6.07 Å². The van der Waals surface area contributed by atoms with E-state index in [1.54, 1.807) is 6.07 Å². The van der Waals surface area contributed by atoms with E-state index in [-0.39, 0.29) is 24.6 Å². The number of carbonyl (C=O) groups is 1. The van der Waals surface area contributed by atoms with E-state index in [9.17, 15) is 9.90 Å². The zero-order valence-corrected chi connectivity index (χ0v) is 9.36. The van der Waals surface area contributed by atoms with Crippen molar-refractivity contribution in [2.75, 3.05) is 20.6 Å². The van der Waals surface area contributed by atoms with Gasteiger partial charge in [-0.1, -0.05) is 6.07 Å². The summed E-state index contributed by atoms with van der Waals surface area (Å²) in [5.74, 6) is -1.23. The molecule has 0 aliphatic carbocycles. The van der Waals surface area contributed by atoms with E-state index >= 15 is 0 Å². The first-order chi connectivity index (χ1) is 6.59. The molecular weight excluding hydrogens is 187 g/mol. The molecule has 0 fully saturated rings. The Morgan fingerprint density at radius 1 is 1.47 bits per heavy atom. The molecule has 0 atom stereocenters. The molecule has 0 aromatic carbocycles. The summed E-state index contributed by atoms with van der Waals surface area (Å²) in [7, 11) is 3.92. The molecule has 15 heavy (non-hydrogen) atoms. The van der Waals surface area contributed by atoms with Crippen LogP contribution in [0.5, 0.6) is 0 Å². The molecule has 76 valence electrons. The second-order valence-electron chi connectivity index (χ2n) is 3.35. The van der Waals surface area contributed by atoms with Gasteiger partial charge < -0.3 is 14.8 Å². The number of carbonyl (C=O) groups excluding carboxylic acids is 1. The summed E-state index contributed by atoms with van der Waals surface area (Å²) in [6.07, 6.45) is 0.744. The van der Waals surface area contributed by atoms with Crippen molar-refractivity contribution in [1.82, 2.24) is 9.88 Å². The summed E-state index contributed by atoms with van der Waals surface area (Å²) in [5.41, 5.74) is 0.779. The van der Waals surface area contributed by atoms with E-state index in [0.717, 1.165) is 18.7 Å². The third-order valence-electron chi connectivity index (χ3n) is 1.83. The minimum Gasteiger partial charge on any atom is -0.543 e. The van der Waals surface area contributed by atoms with Crippen molar-refractivity contribution < 1.29 is 28.8 Å². The monoisotopic (exact) mass is 200 g/mol. The number of likely N-dealkylation sites (N-methyl/N-ethyl adjacent to an activating group) is 1. The molecular formula is C10H13LiN2O2. The summed E-state index contributed by atoms with van der Waals surface area (Å²) < 4.78 is 0. The van der Waals surface area contributed by atoms with Gasteiger partial charge >= 0.3 is 18.9 Å². The molecule has 5 heteroatoms. The zero-order valence-electron chi connectivity index (χ0n) is 9.36. The van der Waals surface area contributed by atoms with E-state index < -0.39 is 5.97 Å². The molecule has 1 aromatic rings. The smallest absolute Gasteiger partial charge is 0.543 e. The second kappa shape index (κ2) is 6.62. The average Bonchev–Trinajstić information content (AvgIpc) is 2.15. The van der Waals surface area contributed by atoms with Gasteiger partial charge in [0.05, 0.1) is 11.7 Å². The third-order valence-corrected chi connectivity index (χ3v) is 1.83. The van der Waals surface area contributed by atoms with Crippen LogP contribution < -0.4 is 24.0 Å². The van der Waals surface area contributed by atoms with Crippen LogP contribution in [-0.2, 0) is 6.42 Å². The fraction of sp³-hybridized carbons (Fsp3) is 0.400. The van der Waals surface area contributed by atoms with E-state index in [0.29, 0.717) is 0 Å². The molecule has 0 spiro atoms. The Balaban J connectivity index is 0.00000196. The number of hydrogen-bond donors (Lipinski definition) is 0. The molecule has 1 aromatic heterocycles. The van der Waals surface area contributed by atoms with Gasteiger partial charge in [0.2, 0.25) is 0 Å². The molecule has 0 saturated carbocycles. The molecule has 1 heterocycles. The first kappa shape index (κ1) is 14.2. The minimum absolute atomic E-state index is 0. The maximum absolute atomic E-state index is 10.5. The molecule has 0 bridgehead atoms. The first-order valence-electron chi connectivity index (χ1n) is 4.41. The van der Waals surface area contributed by atoms with Gasteiger partial charge in [-0.3, -0.25) is 4.98 Å². The summed E-state index contributed by atoms with van der Waals surface area (Å²) in [4.78, 5) is 16.5. The summed E-state index contributed by atoms with van der Waals surface area (Å²) >= 11 is 0. The molecule has 1 rings (SSSR count). The van der Waals surface area contributed by atoms with Crippen LogP contribution in [0.2, 0.25) is 0 Å². The topological polar surface area (TPSA) is 56.3 Å². The van der Waals surface area contributed by atoms with Crippen molar-refractivity contribution in [3.05, 3.63) is 29.6 Å². The van der Waals surface area contributed by atoms with Crippen LogP contribution in [0.3, 0.4) is 0 Å². The fourth-order valence-corrected chi connectivity index (χ4v) is 1.07. The molecule has 4 nitrogen and oxygen atoms in total. The first-order valence-corrected chi connectivity index (χ1v) is 4.41. The maximum atomic E-state index is 10.5. The number of nitrogens with zero attached hydrogens (tertiary/aromatic N) is 2. The predicted molar refractivity (Wildman–Crippen MR) is 50.8 cm³/mol. The quantitative estimate of drug-likeness (QED) is 0.474. The van der Waals surface area contributed by atoms with Crippen molar-refractivity contribution in [1.29, 1.82) is 0 Å². The zero-order chi connectivity index (χ0) is 10.6. The summed E-state index contributed by atoms with van der Waals surface area (Å²) in [6.45, 7) is 0.851. The molecule has 0 aliphatic rings. The van der Waals surface area contributed by atoms with Crippen molar-refractivity contribution in [2.45, 2.75) is 6.42 Å². The van der Waals surface area contributed by atoms with Crippen molar-refractivity contribution >= 4 is 5.97 Å². The molecule has 0 saturated heterocycles. The predicted octanol–water partition coefficient (Wildman–Crippen LogP) is -3.45. The largest absolute Gasteiger partial charge is 1.00 e. The standard InChI is InChI=1S/C10H14N2O2.Li/c1-12(2)7-6-8-4-3-5-9(11-8)10(13)14;/h3-5H,6-7H2,1-2H3,(H,13,14);/q;+1/p-1. The Kier molecular flexibility index (Phi) is 6.26. The van der Waals surface area contributed by atoms with Gasteiger partial charge in [-0.25, -0.2) is 0 Å². The Bertz CT molecular complexity index is 329. The normalized spacial score (nSPS) is 9.80.